The summed E-state index contributed by atoms with van der Waals surface area (Å²) in [5.74, 6) is 2.92. The van der Waals surface area contributed by atoms with Crippen LogP contribution in [0.5, 0.6) is 0 Å². The topological polar surface area (TPSA) is 106 Å². The first kappa shape index (κ1) is 37.7. The van der Waals surface area contributed by atoms with E-state index in [9.17, 15) is 14.4 Å². The van der Waals surface area contributed by atoms with E-state index in [0.717, 1.165) is 44.9 Å². The van der Waals surface area contributed by atoms with Crippen molar-refractivity contribution in [1.29, 1.82) is 0 Å². The molecule has 2 aliphatic carbocycles. The molecule has 0 aromatic heterocycles. The number of nitrogens with zero attached hydrogens (tertiary/aromatic N) is 1. The van der Waals surface area contributed by atoms with Crippen LogP contribution in [0.2, 0.25) is 0 Å². The quantitative estimate of drug-likeness (QED) is 0.331. The largest absolute Gasteiger partial charge is 0.444 e. The fourth-order valence-electron chi connectivity index (χ4n) is 4.31. The lowest BCUT2D eigenvalue weighted by atomic mass is 9.85. The lowest BCUT2D eigenvalue weighted by Crippen LogP contribution is -2.44. The first-order chi connectivity index (χ1) is 16.6. The van der Waals surface area contributed by atoms with Crippen LogP contribution in [0.25, 0.3) is 0 Å². The number of ether oxygens (including phenoxy) is 2. The second-order valence-corrected chi connectivity index (χ2v) is 11.6. The van der Waals surface area contributed by atoms with Gasteiger partial charge in [0.25, 0.3) is 0 Å². The van der Waals surface area contributed by atoms with Gasteiger partial charge in [-0.3, -0.25) is 9.63 Å². The van der Waals surface area contributed by atoms with Crippen molar-refractivity contribution >= 4 is 18.1 Å². The fourth-order valence-corrected chi connectivity index (χ4v) is 4.31. The Balaban J connectivity index is 0. The van der Waals surface area contributed by atoms with Gasteiger partial charge in [-0.1, -0.05) is 27.7 Å². The number of nitrogens with one attached hydrogen (secondary N) is 2. The molecule has 4 atom stereocenters. The Kier molecular flexibility index (Phi) is 17.0. The lowest BCUT2D eigenvalue weighted by molar-refractivity contribution is -0.174. The fraction of sp³-hybridized carbons (Fsp3) is 0.828. The molecule has 0 aliphatic heterocycles. The average Bonchev–Trinajstić information content (AvgIpc) is 2.76. The third kappa shape index (κ3) is 15.7. The Hall–Kier alpha value is -2.47. The summed E-state index contributed by atoms with van der Waals surface area (Å²) in [6, 6.07) is 0.155. The zero-order valence-electron chi connectivity index (χ0n) is 23.4. The van der Waals surface area contributed by atoms with Crippen LogP contribution in [0.1, 0.15) is 108 Å². The Morgan fingerprint density at radius 2 is 1.26 bits per heavy atom. The van der Waals surface area contributed by atoms with E-state index in [1.807, 2.05) is 41.5 Å². The maximum absolute atomic E-state index is 12.0. The number of hydroxylamine groups is 2. The first-order valence-corrected chi connectivity index (χ1v) is 12.9. The van der Waals surface area contributed by atoms with Crippen molar-refractivity contribution in [3.63, 3.8) is 0 Å². The maximum atomic E-state index is 12.0. The van der Waals surface area contributed by atoms with E-state index in [1.165, 1.54) is 12.2 Å². The number of hydrogen-bond acceptors (Lipinski definition) is 6. The van der Waals surface area contributed by atoms with Gasteiger partial charge in [-0.2, -0.15) is 0 Å². The molecular weight excluding hydrogens is 486 g/mol. The van der Waals surface area contributed by atoms with E-state index in [2.05, 4.69) is 16.6 Å². The van der Waals surface area contributed by atoms with Crippen molar-refractivity contribution in [2.24, 2.45) is 11.8 Å². The molecular formula is C29H55N3O6. The molecule has 0 saturated heterocycles. The first-order valence-electron chi connectivity index (χ1n) is 12.9. The van der Waals surface area contributed by atoms with Gasteiger partial charge in [0, 0.05) is 31.0 Å². The number of terminal acetylenes is 1. The smallest absolute Gasteiger partial charge is 0.407 e. The van der Waals surface area contributed by atoms with Crippen molar-refractivity contribution in [2.45, 2.75) is 131 Å². The summed E-state index contributed by atoms with van der Waals surface area (Å²) < 4.78 is 10.4. The number of alkyl carbamates (subject to hydrolysis) is 2. The minimum Gasteiger partial charge on any atom is -0.444 e. The molecule has 0 radical (unpaired) electrons. The summed E-state index contributed by atoms with van der Waals surface area (Å²) in [7, 11) is 3.07. The molecule has 0 heterocycles. The highest BCUT2D eigenvalue weighted by molar-refractivity contribution is 5.78. The molecule has 0 aromatic carbocycles. The van der Waals surface area contributed by atoms with E-state index >= 15 is 0 Å². The zero-order valence-corrected chi connectivity index (χ0v) is 23.4. The maximum Gasteiger partial charge on any atom is 0.407 e. The minimum absolute atomic E-state index is 0. The summed E-state index contributed by atoms with van der Waals surface area (Å²) >= 11 is 0. The van der Waals surface area contributed by atoms with E-state index in [-0.39, 0.29) is 44.9 Å². The third-order valence-electron chi connectivity index (χ3n) is 5.96. The van der Waals surface area contributed by atoms with Crippen molar-refractivity contribution in [3.8, 4) is 12.3 Å². The molecule has 0 bridgehead atoms. The van der Waals surface area contributed by atoms with Gasteiger partial charge in [0.05, 0.1) is 7.11 Å². The summed E-state index contributed by atoms with van der Waals surface area (Å²) in [6.45, 7) is 11.1. The summed E-state index contributed by atoms with van der Waals surface area (Å²) in [6.07, 6.45) is 11.9. The van der Waals surface area contributed by atoms with Crippen molar-refractivity contribution in [3.05, 3.63) is 0 Å². The van der Waals surface area contributed by atoms with Gasteiger partial charge in [-0.05, 0) is 80.1 Å². The number of carbonyl (C=O) groups excluding carboxylic acids is 3. The molecule has 2 aliphatic rings. The number of rotatable bonds is 4. The molecule has 2 fully saturated rings. The molecule has 2 rings (SSSR count). The standard InChI is InChI=1S/C14H26N2O4.C13H21NO2.2CH4/c1-14(2,3)20-13(18)15-11-8-6-7-10(9-11)12(17)16(4)19-5;1-5-10-7-6-8-11(9-10)14-12(15)16-13(2,3)4;;/h10-11H,6-9H2,1-5H3,(H,15,18);1,10-11H,6-9H2,2-4H3,(H,14,15);2*1H4/t2*10-,11+;;/m11../s1. The minimum atomic E-state index is -0.510. The monoisotopic (exact) mass is 541 g/mol. The van der Waals surface area contributed by atoms with Crippen LogP contribution in [0.3, 0.4) is 0 Å². The van der Waals surface area contributed by atoms with E-state index in [0.29, 0.717) is 12.3 Å². The predicted octanol–water partition coefficient (Wildman–Crippen LogP) is 6.07. The van der Waals surface area contributed by atoms with Crippen molar-refractivity contribution in [2.75, 3.05) is 14.2 Å². The Labute approximate surface area is 232 Å². The van der Waals surface area contributed by atoms with Gasteiger partial charge >= 0.3 is 12.2 Å². The van der Waals surface area contributed by atoms with Crippen molar-refractivity contribution < 1.29 is 28.7 Å². The Bertz CT molecular complexity index is 766. The van der Waals surface area contributed by atoms with Gasteiger partial charge in [-0.15, -0.1) is 12.3 Å². The van der Waals surface area contributed by atoms with Crippen LogP contribution in [-0.4, -0.2) is 60.6 Å². The SMILES string of the molecule is C.C.C#C[C@@H]1CCC[C@H](NC(=O)OC(C)(C)C)C1.CON(C)C(=O)[C@@H]1CCC[C@H](NC(=O)OC(C)(C)C)C1. The van der Waals surface area contributed by atoms with Gasteiger partial charge < -0.3 is 20.1 Å². The van der Waals surface area contributed by atoms with Crippen LogP contribution < -0.4 is 10.6 Å². The van der Waals surface area contributed by atoms with Crippen LogP contribution >= 0.6 is 0 Å². The molecule has 9 heteroatoms. The van der Waals surface area contributed by atoms with Crippen molar-refractivity contribution in [1.82, 2.24) is 15.7 Å². The zero-order chi connectivity index (χ0) is 27.5. The summed E-state index contributed by atoms with van der Waals surface area (Å²) in [5.41, 5.74) is -0.950. The molecule has 0 spiro atoms. The Morgan fingerprint density at radius 3 is 1.68 bits per heavy atom. The number of carbonyl (C=O) groups is 3. The number of hydrogen-bond donors (Lipinski definition) is 2. The summed E-state index contributed by atoms with van der Waals surface area (Å²) in [4.78, 5) is 40.2. The average molecular weight is 542 g/mol. The van der Waals surface area contributed by atoms with Crippen LogP contribution in [-0.2, 0) is 19.1 Å². The van der Waals surface area contributed by atoms with Gasteiger partial charge in [-0.25, -0.2) is 14.7 Å². The van der Waals surface area contributed by atoms with E-state index in [4.69, 9.17) is 20.7 Å². The lowest BCUT2D eigenvalue weighted by Gasteiger charge is -2.31. The molecule has 38 heavy (non-hydrogen) atoms. The van der Waals surface area contributed by atoms with Gasteiger partial charge in [0.2, 0.25) is 5.91 Å². The highest BCUT2D eigenvalue weighted by Gasteiger charge is 2.31. The molecule has 0 unspecified atom stereocenters. The number of amides is 3. The normalized spacial score (nSPS) is 22.9. The molecule has 2 saturated carbocycles. The van der Waals surface area contributed by atoms with Gasteiger partial charge in [0.1, 0.15) is 11.2 Å². The van der Waals surface area contributed by atoms with E-state index in [1.54, 1.807) is 7.05 Å². The molecule has 222 valence electrons. The molecule has 0 aromatic rings. The second kappa shape index (κ2) is 17.2. The third-order valence-corrected chi connectivity index (χ3v) is 5.96. The second-order valence-electron chi connectivity index (χ2n) is 11.6. The Morgan fingerprint density at radius 1 is 0.816 bits per heavy atom. The molecule has 2 N–H and O–H groups in total. The molecule has 3 amide bonds. The van der Waals surface area contributed by atoms with Crippen LogP contribution in [0.4, 0.5) is 9.59 Å². The van der Waals surface area contributed by atoms with Crippen LogP contribution in [0.15, 0.2) is 0 Å². The predicted molar refractivity (Wildman–Crippen MR) is 152 cm³/mol. The highest BCUT2D eigenvalue weighted by Crippen LogP contribution is 2.26. The summed E-state index contributed by atoms with van der Waals surface area (Å²) in [5, 5.41) is 6.98. The van der Waals surface area contributed by atoms with E-state index < -0.39 is 17.3 Å². The molecule has 9 nitrogen and oxygen atoms in total. The van der Waals surface area contributed by atoms with Crippen LogP contribution in [0, 0.1) is 24.2 Å². The van der Waals surface area contributed by atoms with Gasteiger partial charge in [0.15, 0.2) is 0 Å². The highest BCUT2D eigenvalue weighted by atomic mass is 16.7.